The third kappa shape index (κ3) is 3.67. The van der Waals surface area contributed by atoms with Crippen LogP contribution in [0.2, 0.25) is 0 Å². The summed E-state index contributed by atoms with van der Waals surface area (Å²) in [5.74, 6) is 0.795. The molecule has 7 heteroatoms. The molecule has 4 rings (SSSR count). The maximum atomic E-state index is 12.5. The van der Waals surface area contributed by atoms with Gasteiger partial charge >= 0.3 is 0 Å². The number of carbonyl (C=O) groups is 1. The Morgan fingerprint density at radius 2 is 2.19 bits per heavy atom. The quantitative estimate of drug-likeness (QED) is 0.736. The normalized spacial score (nSPS) is 19.5. The van der Waals surface area contributed by atoms with Gasteiger partial charge in [-0.1, -0.05) is 24.3 Å². The summed E-state index contributed by atoms with van der Waals surface area (Å²) in [6, 6.07) is 9.72. The molecular formula is C19H20N4O3. The van der Waals surface area contributed by atoms with Crippen molar-refractivity contribution in [1.29, 1.82) is 0 Å². The van der Waals surface area contributed by atoms with Gasteiger partial charge in [-0.05, 0) is 18.1 Å². The van der Waals surface area contributed by atoms with Crippen molar-refractivity contribution in [3.05, 3.63) is 60.9 Å². The first-order valence-electron chi connectivity index (χ1n) is 8.64. The van der Waals surface area contributed by atoms with Crippen molar-refractivity contribution in [1.82, 2.24) is 20.1 Å². The van der Waals surface area contributed by atoms with Crippen LogP contribution in [0.1, 0.15) is 12.0 Å². The van der Waals surface area contributed by atoms with E-state index in [2.05, 4.69) is 15.4 Å². The Bertz CT molecular complexity index is 828. The Morgan fingerprint density at radius 1 is 1.31 bits per heavy atom. The predicted octanol–water partition coefficient (Wildman–Crippen LogP) is 2.26. The lowest BCUT2D eigenvalue weighted by Crippen LogP contribution is -2.38. The summed E-state index contributed by atoms with van der Waals surface area (Å²) in [4.78, 5) is 16.4. The van der Waals surface area contributed by atoms with E-state index in [4.69, 9.17) is 9.15 Å². The number of benzene rings is 1. The van der Waals surface area contributed by atoms with Gasteiger partial charge in [-0.3, -0.25) is 9.48 Å². The highest BCUT2D eigenvalue weighted by Gasteiger charge is 2.34. The minimum Gasteiger partial charge on any atom is -0.444 e. The number of ether oxygens (including phenoxy) is 1. The number of oxazole rings is 1. The van der Waals surface area contributed by atoms with E-state index in [1.54, 1.807) is 12.4 Å². The van der Waals surface area contributed by atoms with Gasteiger partial charge < -0.3 is 14.5 Å². The summed E-state index contributed by atoms with van der Waals surface area (Å²) in [5, 5.41) is 7.19. The molecule has 26 heavy (non-hydrogen) atoms. The smallest absolute Gasteiger partial charge is 0.249 e. The summed E-state index contributed by atoms with van der Waals surface area (Å²) >= 11 is 0. The summed E-state index contributed by atoms with van der Waals surface area (Å²) in [6.45, 7) is 1.76. The van der Waals surface area contributed by atoms with Gasteiger partial charge in [-0.2, -0.15) is 5.10 Å². The molecule has 7 nitrogen and oxygen atoms in total. The highest BCUT2D eigenvalue weighted by molar-refractivity contribution is 5.81. The minimum absolute atomic E-state index is 0.0704. The second-order valence-electron chi connectivity index (χ2n) is 6.35. The van der Waals surface area contributed by atoms with Crippen LogP contribution >= 0.6 is 0 Å². The van der Waals surface area contributed by atoms with E-state index >= 15 is 0 Å². The second-order valence-corrected chi connectivity index (χ2v) is 6.35. The summed E-state index contributed by atoms with van der Waals surface area (Å²) < 4.78 is 12.8. The average Bonchev–Trinajstić information content (AvgIpc) is 3.43. The number of aromatic nitrogens is 3. The zero-order valence-electron chi connectivity index (χ0n) is 14.2. The first-order valence-corrected chi connectivity index (χ1v) is 8.64. The van der Waals surface area contributed by atoms with Gasteiger partial charge in [0.1, 0.15) is 6.10 Å². The number of hydrogen-bond donors (Lipinski definition) is 1. The molecule has 1 N–H and O–H groups in total. The van der Waals surface area contributed by atoms with Crippen molar-refractivity contribution in [2.24, 2.45) is 5.92 Å². The van der Waals surface area contributed by atoms with Gasteiger partial charge in [0.15, 0.2) is 12.2 Å². The van der Waals surface area contributed by atoms with Crippen molar-refractivity contribution in [2.45, 2.75) is 25.6 Å². The molecule has 1 amide bonds. The number of rotatable bonds is 6. The van der Waals surface area contributed by atoms with Crippen LogP contribution in [0, 0.1) is 5.92 Å². The lowest BCUT2D eigenvalue weighted by atomic mass is 10.0. The summed E-state index contributed by atoms with van der Waals surface area (Å²) in [6.07, 6.45) is 7.17. The molecule has 2 aromatic heterocycles. The number of nitrogens with zero attached hydrogens (tertiary/aromatic N) is 3. The SMILES string of the molecule is O=C(NCc1ccc(-c2cnco2)cc1)[C@@H]1OCC[C@@H]1Cn1cccn1. The largest absolute Gasteiger partial charge is 0.444 e. The Hall–Kier alpha value is -2.93. The third-order valence-electron chi connectivity index (χ3n) is 4.59. The van der Waals surface area contributed by atoms with Crippen LogP contribution in [0.3, 0.4) is 0 Å². The van der Waals surface area contributed by atoms with E-state index in [1.165, 1.54) is 6.39 Å². The monoisotopic (exact) mass is 352 g/mol. The molecule has 0 unspecified atom stereocenters. The van der Waals surface area contributed by atoms with Gasteiger partial charge in [0, 0.05) is 43.6 Å². The maximum absolute atomic E-state index is 12.5. The molecule has 1 fully saturated rings. The van der Waals surface area contributed by atoms with E-state index in [0.29, 0.717) is 19.7 Å². The molecule has 1 aliphatic rings. The van der Waals surface area contributed by atoms with Gasteiger partial charge in [0.2, 0.25) is 5.91 Å². The maximum Gasteiger partial charge on any atom is 0.249 e. The first-order chi connectivity index (χ1) is 12.8. The van der Waals surface area contributed by atoms with E-state index in [0.717, 1.165) is 23.3 Å². The fourth-order valence-electron chi connectivity index (χ4n) is 3.19. The van der Waals surface area contributed by atoms with Crippen LogP contribution in [0.5, 0.6) is 0 Å². The van der Waals surface area contributed by atoms with Crippen molar-refractivity contribution in [3.63, 3.8) is 0 Å². The molecular weight excluding hydrogens is 332 g/mol. The molecule has 0 radical (unpaired) electrons. The van der Waals surface area contributed by atoms with Crippen molar-refractivity contribution < 1.29 is 13.9 Å². The zero-order valence-corrected chi connectivity index (χ0v) is 14.2. The van der Waals surface area contributed by atoms with Crippen LogP contribution < -0.4 is 5.32 Å². The number of carbonyl (C=O) groups excluding carboxylic acids is 1. The van der Waals surface area contributed by atoms with Crippen LogP contribution in [0.4, 0.5) is 0 Å². The highest BCUT2D eigenvalue weighted by atomic mass is 16.5. The number of hydrogen-bond acceptors (Lipinski definition) is 5. The molecule has 0 saturated carbocycles. The second kappa shape index (κ2) is 7.53. The molecule has 0 bridgehead atoms. The Kier molecular flexibility index (Phi) is 4.79. The standard InChI is InChI=1S/C19H20N4O3/c24-19(18-16(6-9-25-18)12-23-8-1-7-22-23)21-10-14-2-4-15(5-3-14)17-11-20-13-26-17/h1-5,7-8,11,13,16,18H,6,9-10,12H2,(H,21,24)/t16-,18-/m1/s1. The van der Waals surface area contributed by atoms with Crippen molar-refractivity contribution in [2.75, 3.05) is 6.61 Å². The average molecular weight is 352 g/mol. The number of amides is 1. The van der Waals surface area contributed by atoms with E-state index in [9.17, 15) is 4.79 Å². The molecule has 0 aliphatic carbocycles. The van der Waals surface area contributed by atoms with Gasteiger partial charge in [-0.15, -0.1) is 0 Å². The lowest BCUT2D eigenvalue weighted by Gasteiger charge is -2.18. The zero-order chi connectivity index (χ0) is 17.8. The predicted molar refractivity (Wildman–Crippen MR) is 93.9 cm³/mol. The van der Waals surface area contributed by atoms with Crippen molar-refractivity contribution in [3.8, 4) is 11.3 Å². The Balaban J connectivity index is 1.33. The summed E-state index contributed by atoms with van der Waals surface area (Å²) in [7, 11) is 0. The first kappa shape index (κ1) is 16.5. The van der Waals surface area contributed by atoms with Crippen molar-refractivity contribution >= 4 is 5.91 Å². The molecule has 1 aliphatic heterocycles. The van der Waals surface area contributed by atoms with Crippen LogP contribution in [0.15, 0.2) is 59.7 Å². The Labute approximate surface area is 151 Å². The lowest BCUT2D eigenvalue weighted by molar-refractivity contribution is -0.132. The topological polar surface area (TPSA) is 82.2 Å². The van der Waals surface area contributed by atoms with Gasteiger partial charge in [-0.25, -0.2) is 4.98 Å². The van der Waals surface area contributed by atoms with E-state index in [-0.39, 0.29) is 11.8 Å². The minimum atomic E-state index is -0.423. The fourth-order valence-corrected chi connectivity index (χ4v) is 3.19. The molecule has 0 spiro atoms. The van der Waals surface area contributed by atoms with Crippen LogP contribution in [-0.4, -0.2) is 33.4 Å². The molecule has 3 aromatic rings. The van der Waals surface area contributed by atoms with E-state index < -0.39 is 6.10 Å². The number of nitrogens with one attached hydrogen (secondary N) is 1. The molecule has 134 valence electrons. The van der Waals surface area contributed by atoms with Gasteiger partial charge in [0.05, 0.1) is 6.20 Å². The third-order valence-corrected chi connectivity index (χ3v) is 4.59. The fraction of sp³-hybridized carbons (Fsp3) is 0.316. The van der Waals surface area contributed by atoms with Crippen LogP contribution in [0.25, 0.3) is 11.3 Å². The van der Waals surface area contributed by atoms with Crippen LogP contribution in [-0.2, 0) is 22.6 Å². The highest BCUT2D eigenvalue weighted by Crippen LogP contribution is 2.23. The molecule has 1 saturated heterocycles. The van der Waals surface area contributed by atoms with Gasteiger partial charge in [0.25, 0.3) is 0 Å². The Morgan fingerprint density at radius 3 is 2.92 bits per heavy atom. The molecule has 1 aromatic carbocycles. The molecule has 2 atom stereocenters. The summed E-state index contributed by atoms with van der Waals surface area (Å²) in [5.41, 5.74) is 1.97. The van der Waals surface area contributed by atoms with E-state index in [1.807, 2.05) is 41.2 Å². The molecule has 3 heterocycles.